The van der Waals surface area contributed by atoms with E-state index >= 15 is 0 Å². The van der Waals surface area contributed by atoms with E-state index in [9.17, 15) is 0 Å². The number of imidazole rings is 1. The molecule has 1 unspecified atom stereocenters. The van der Waals surface area contributed by atoms with E-state index < -0.39 is 0 Å². The number of hydrogen-bond acceptors (Lipinski definition) is 1. The van der Waals surface area contributed by atoms with Gasteiger partial charge in [0.1, 0.15) is 5.82 Å². The van der Waals surface area contributed by atoms with Gasteiger partial charge in [-0.3, -0.25) is 4.57 Å². The minimum atomic E-state index is -0.152. The van der Waals surface area contributed by atoms with Gasteiger partial charge in [-0.15, -0.1) is 11.6 Å². The maximum atomic E-state index is 6.37. The summed E-state index contributed by atoms with van der Waals surface area (Å²) >= 11 is 9.92. The Labute approximate surface area is 137 Å². The molecule has 0 spiro atoms. The molecule has 0 fully saturated rings. The molecule has 0 amide bonds. The van der Waals surface area contributed by atoms with Crippen molar-refractivity contribution in [1.29, 1.82) is 0 Å². The van der Waals surface area contributed by atoms with Gasteiger partial charge in [0.2, 0.25) is 0 Å². The molecule has 1 atom stereocenters. The van der Waals surface area contributed by atoms with Crippen molar-refractivity contribution in [3.8, 4) is 5.69 Å². The molecule has 1 aromatic heterocycles. The molecule has 0 N–H and O–H groups in total. The first kappa shape index (κ1) is 14.6. The number of aryl methyl sites for hydroxylation is 1. The van der Waals surface area contributed by atoms with Crippen molar-refractivity contribution in [3.05, 3.63) is 58.3 Å². The molecule has 0 aliphatic heterocycles. The summed E-state index contributed by atoms with van der Waals surface area (Å²) in [6.45, 7) is 4.13. The number of halogens is 2. The van der Waals surface area contributed by atoms with Gasteiger partial charge < -0.3 is 0 Å². The van der Waals surface area contributed by atoms with Gasteiger partial charge in [-0.1, -0.05) is 41.1 Å². The van der Waals surface area contributed by atoms with E-state index in [4.69, 9.17) is 16.6 Å². The zero-order valence-electron chi connectivity index (χ0n) is 12.0. The smallest absolute Gasteiger partial charge is 0.132 e. The molecule has 3 rings (SSSR count). The Kier molecular flexibility index (Phi) is 4.05. The third-order valence-corrected chi connectivity index (χ3v) is 4.30. The Morgan fingerprint density at radius 3 is 2.71 bits per heavy atom. The zero-order chi connectivity index (χ0) is 15.0. The lowest BCUT2D eigenvalue weighted by Crippen LogP contribution is -2.04. The molecule has 0 aliphatic rings. The number of para-hydroxylation sites is 1. The quantitative estimate of drug-likeness (QED) is 0.550. The van der Waals surface area contributed by atoms with Crippen LogP contribution in [0.2, 0.25) is 0 Å². The highest BCUT2D eigenvalue weighted by Gasteiger charge is 2.17. The maximum Gasteiger partial charge on any atom is 0.132 e. The van der Waals surface area contributed by atoms with Gasteiger partial charge in [-0.05, 0) is 43.2 Å². The number of hydrogen-bond donors (Lipinski definition) is 0. The molecule has 0 bridgehead atoms. The van der Waals surface area contributed by atoms with Crippen molar-refractivity contribution in [3.63, 3.8) is 0 Å². The summed E-state index contributed by atoms with van der Waals surface area (Å²) < 4.78 is 3.22. The van der Waals surface area contributed by atoms with Crippen LogP contribution in [0.1, 0.15) is 30.6 Å². The van der Waals surface area contributed by atoms with Crippen LogP contribution in [-0.4, -0.2) is 9.55 Å². The molecule has 0 aliphatic carbocycles. The third-order valence-electron chi connectivity index (χ3n) is 3.61. The van der Waals surface area contributed by atoms with Gasteiger partial charge in [0, 0.05) is 4.47 Å². The third kappa shape index (κ3) is 2.60. The minimum absolute atomic E-state index is 0.152. The number of fused-ring (bicyclic) bond motifs is 1. The highest BCUT2D eigenvalue weighted by Crippen LogP contribution is 2.31. The van der Waals surface area contributed by atoms with Crippen LogP contribution in [0.3, 0.4) is 0 Å². The topological polar surface area (TPSA) is 17.8 Å². The largest absolute Gasteiger partial charge is 0.295 e. The SMILES string of the molecule is CCc1ccccc1-n1c(C(C)Cl)nc2ccc(Br)cc21. The Hall–Kier alpha value is -1.32. The van der Waals surface area contributed by atoms with E-state index in [2.05, 4.69) is 57.8 Å². The second-order valence-corrected chi connectivity index (χ2v) is 6.61. The number of rotatable bonds is 3. The average Bonchev–Trinajstić information content (AvgIpc) is 2.85. The predicted octanol–water partition coefficient (Wildman–Crippen LogP) is 5.65. The van der Waals surface area contributed by atoms with Crippen LogP contribution in [0.25, 0.3) is 16.7 Å². The van der Waals surface area contributed by atoms with E-state index in [1.165, 1.54) is 5.56 Å². The van der Waals surface area contributed by atoms with Crippen LogP contribution in [0.5, 0.6) is 0 Å². The predicted molar refractivity (Wildman–Crippen MR) is 92.4 cm³/mol. The molecule has 0 saturated carbocycles. The summed E-state index contributed by atoms with van der Waals surface area (Å²) in [5.41, 5.74) is 4.48. The molecular formula is C17H16BrClN2. The van der Waals surface area contributed by atoms with Crippen LogP contribution >= 0.6 is 27.5 Å². The minimum Gasteiger partial charge on any atom is -0.295 e. The molecule has 2 nitrogen and oxygen atoms in total. The van der Waals surface area contributed by atoms with Gasteiger partial charge in [0.05, 0.1) is 22.1 Å². The first-order chi connectivity index (χ1) is 10.1. The van der Waals surface area contributed by atoms with Crippen molar-refractivity contribution in [2.45, 2.75) is 25.6 Å². The first-order valence-electron chi connectivity index (χ1n) is 7.02. The van der Waals surface area contributed by atoms with Gasteiger partial charge >= 0.3 is 0 Å². The van der Waals surface area contributed by atoms with Gasteiger partial charge in [0.25, 0.3) is 0 Å². The second kappa shape index (κ2) is 5.82. The van der Waals surface area contributed by atoms with E-state index in [1.54, 1.807) is 0 Å². The highest BCUT2D eigenvalue weighted by atomic mass is 79.9. The Bertz CT molecular complexity index is 793. The fourth-order valence-electron chi connectivity index (χ4n) is 2.62. The van der Waals surface area contributed by atoms with Crippen molar-refractivity contribution in [2.24, 2.45) is 0 Å². The Morgan fingerprint density at radius 2 is 2.00 bits per heavy atom. The van der Waals surface area contributed by atoms with Crippen LogP contribution in [-0.2, 0) is 6.42 Å². The molecule has 3 aromatic rings. The average molecular weight is 364 g/mol. The summed E-state index contributed by atoms with van der Waals surface area (Å²) in [6.07, 6.45) is 0.972. The lowest BCUT2D eigenvalue weighted by Gasteiger charge is -2.14. The lowest BCUT2D eigenvalue weighted by molar-refractivity contribution is 0.872. The van der Waals surface area contributed by atoms with E-state index in [0.717, 1.165) is 33.4 Å². The van der Waals surface area contributed by atoms with Crippen LogP contribution in [0.15, 0.2) is 46.9 Å². The van der Waals surface area contributed by atoms with Crippen LogP contribution < -0.4 is 0 Å². The highest BCUT2D eigenvalue weighted by molar-refractivity contribution is 9.10. The Morgan fingerprint density at radius 1 is 1.24 bits per heavy atom. The van der Waals surface area contributed by atoms with Crippen LogP contribution in [0.4, 0.5) is 0 Å². The molecule has 1 heterocycles. The van der Waals surface area contributed by atoms with Crippen molar-refractivity contribution >= 4 is 38.6 Å². The van der Waals surface area contributed by atoms with Gasteiger partial charge in [-0.25, -0.2) is 4.98 Å². The van der Waals surface area contributed by atoms with Crippen molar-refractivity contribution in [2.75, 3.05) is 0 Å². The van der Waals surface area contributed by atoms with Gasteiger partial charge in [-0.2, -0.15) is 0 Å². The first-order valence-corrected chi connectivity index (χ1v) is 8.25. The van der Waals surface area contributed by atoms with E-state index in [1.807, 2.05) is 19.1 Å². The monoisotopic (exact) mass is 362 g/mol. The maximum absolute atomic E-state index is 6.37. The normalized spacial score (nSPS) is 12.8. The number of benzene rings is 2. The molecule has 108 valence electrons. The molecule has 0 radical (unpaired) electrons. The molecule has 2 aromatic carbocycles. The number of alkyl halides is 1. The Balaban J connectivity index is 2.38. The van der Waals surface area contributed by atoms with E-state index in [0.29, 0.717) is 0 Å². The summed E-state index contributed by atoms with van der Waals surface area (Å²) in [5, 5.41) is -0.152. The summed E-state index contributed by atoms with van der Waals surface area (Å²) in [5.74, 6) is 0.880. The fraction of sp³-hybridized carbons (Fsp3) is 0.235. The molecule has 4 heteroatoms. The zero-order valence-corrected chi connectivity index (χ0v) is 14.3. The standard InChI is InChI=1S/C17H16BrClN2/c1-3-12-6-4-5-7-15(12)21-16-10-13(18)8-9-14(16)20-17(21)11(2)19/h4-11H,3H2,1-2H3. The van der Waals surface area contributed by atoms with E-state index in [-0.39, 0.29) is 5.38 Å². The van der Waals surface area contributed by atoms with Crippen LogP contribution in [0, 0.1) is 0 Å². The second-order valence-electron chi connectivity index (χ2n) is 5.04. The van der Waals surface area contributed by atoms with Crippen molar-refractivity contribution < 1.29 is 0 Å². The van der Waals surface area contributed by atoms with Gasteiger partial charge in [0.15, 0.2) is 0 Å². The number of nitrogens with zero attached hydrogens (tertiary/aromatic N) is 2. The number of aromatic nitrogens is 2. The molecule has 21 heavy (non-hydrogen) atoms. The lowest BCUT2D eigenvalue weighted by atomic mass is 10.1. The summed E-state index contributed by atoms with van der Waals surface area (Å²) in [7, 11) is 0. The fourth-order valence-corrected chi connectivity index (χ4v) is 3.11. The summed E-state index contributed by atoms with van der Waals surface area (Å²) in [6, 6.07) is 14.5. The van der Waals surface area contributed by atoms with Crippen molar-refractivity contribution in [1.82, 2.24) is 9.55 Å². The molecular weight excluding hydrogens is 348 g/mol. The summed E-state index contributed by atoms with van der Waals surface area (Å²) in [4.78, 5) is 4.72. The molecule has 0 saturated heterocycles.